The number of hydrogen-bond donors (Lipinski definition) is 0. The van der Waals surface area contributed by atoms with Crippen molar-refractivity contribution >= 4 is 5.97 Å². The van der Waals surface area contributed by atoms with Gasteiger partial charge in [0.15, 0.2) is 0 Å². The third kappa shape index (κ3) is 2.62. The molecule has 0 unspecified atom stereocenters. The fraction of sp³-hybridized carbons (Fsp3) is 0.154. The van der Waals surface area contributed by atoms with Crippen molar-refractivity contribution in [3.05, 3.63) is 53.9 Å². The fourth-order valence-electron chi connectivity index (χ4n) is 1.71. The summed E-state index contributed by atoms with van der Waals surface area (Å²) in [7, 11) is 1.21. The standard InChI is InChI=1S/C13H10F3NO2/c1-19-12(18)11-6-3-7-17(11)10-5-2-4-9(8-10)13(14,15)16/h2-8H,1H3. The van der Waals surface area contributed by atoms with Gasteiger partial charge in [0, 0.05) is 11.9 Å². The molecule has 100 valence electrons. The molecule has 1 aromatic carbocycles. The van der Waals surface area contributed by atoms with Crippen molar-refractivity contribution in [1.82, 2.24) is 4.57 Å². The first-order valence-electron chi connectivity index (χ1n) is 5.37. The van der Waals surface area contributed by atoms with Crippen LogP contribution in [0, 0.1) is 0 Å². The SMILES string of the molecule is COC(=O)c1cccn1-c1cccc(C(F)(F)F)c1. The molecule has 0 atom stereocenters. The summed E-state index contributed by atoms with van der Waals surface area (Å²) < 4.78 is 43.8. The van der Waals surface area contributed by atoms with Crippen molar-refractivity contribution in [2.45, 2.75) is 6.18 Å². The molecule has 0 aliphatic heterocycles. The summed E-state index contributed by atoms with van der Waals surface area (Å²) in [4.78, 5) is 11.5. The largest absolute Gasteiger partial charge is 0.464 e. The summed E-state index contributed by atoms with van der Waals surface area (Å²) in [6.45, 7) is 0. The summed E-state index contributed by atoms with van der Waals surface area (Å²) >= 11 is 0. The second kappa shape index (κ2) is 4.79. The molecule has 0 radical (unpaired) electrons. The van der Waals surface area contributed by atoms with Crippen LogP contribution in [0.25, 0.3) is 5.69 Å². The normalized spacial score (nSPS) is 11.4. The molecule has 3 nitrogen and oxygen atoms in total. The minimum absolute atomic E-state index is 0.168. The van der Waals surface area contributed by atoms with Crippen LogP contribution in [0.15, 0.2) is 42.6 Å². The molecule has 0 bridgehead atoms. The fourth-order valence-corrected chi connectivity index (χ4v) is 1.71. The van der Waals surface area contributed by atoms with Gasteiger partial charge in [-0.3, -0.25) is 0 Å². The van der Waals surface area contributed by atoms with Crippen LogP contribution in [0.1, 0.15) is 16.1 Å². The lowest BCUT2D eigenvalue weighted by Gasteiger charge is -2.11. The Morgan fingerprint density at radius 3 is 2.58 bits per heavy atom. The summed E-state index contributed by atoms with van der Waals surface area (Å²) in [6.07, 6.45) is -2.92. The van der Waals surface area contributed by atoms with Crippen molar-refractivity contribution in [3.8, 4) is 5.69 Å². The summed E-state index contributed by atoms with van der Waals surface area (Å²) in [5, 5.41) is 0. The van der Waals surface area contributed by atoms with Gasteiger partial charge in [0.1, 0.15) is 5.69 Å². The van der Waals surface area contributed by atoms with Gasteiger partial charge in [-0.05, 0) is 30.3 Å². The molecule has 0 spiro atoms. The monoisotopic (exact) mass is 269 g/mol. The highest BCUT2D eigenvalue weighted by Crippen LogP contribution is 2.30. The van der Waals surface area contributed by atoms with Crippen LogP contribution in [-0.2, 0) is 10.9 Å². The van der Waals surface area contributed by atoms with Gasteiger partial charge in [0.05, 0.1) is 12.7 Å². The lowest BCUT2D eigenvalue weighted by molar-refractivity contribution is -0.137. The van der Waals surface area contributed by atoms with E-state index in [-0.39, 0.29) is 11.4 Å². The van der Waals surface area contributed by atoms with E-state index in [1.807, 2.05) is 0 Å². The lowest BCUT2D eigenvalue weighted by Crippen LogP contribution is -2.10. The second-order valence-electron chi connectivity index (χ2n) is 3.80. The number of ether oxygens (including phenoxy) is 1. The van der Waals surface area contributed by atoms with Crippen molar-refractivity contribution in [3.63, 3.8) is 0 Å². The number of benzene rings is 1. The van der Waals surface area contributed by atoms with Crippen LogP contribution in [-0.4, -0.2) is 17.6 Å². The topological polar surface area (TPSA) is 31.2 Å². The highest BCUT2D eigenvalue weighted by molar-refractivity contribution is 5.88. The van der Waals surface area contributed by atoms with Crippen LogP contribution in [0.3, 0.4) is 0 Å². The first-order chi connectivity index (χ1) is 8.93. The Morgan fingerprint density at radius 2 is 1.95 bits per heavy atom. The molecule has 2 aromatic rings. The van der Waals surface area contributed by atoms with E-state index >= 15 is 0 Å². The van der Waals surface area contributed by atoms with Gasteiger partial charge in [-0.2, -0.15) is 13.2 Å². The Morgan fingerprint density at radius 1 is 1.21 bits per heavy atom. The molecule has 0 saturated heterocycles. The zero-order valence-electron chi connectivity index (χ0n) is 9.94. The predicted molar refractivity (Wildman–Crippen MR) is 62.1 cm³/mol. The molecule has 19 heavy (non-hydrogen) atoms. The Kier molecular flexibility index (Phi) is 3.33. The van der Waals surface area contributed by atoms with Crippen molar-refractivity contribution < 1.29 is 22.7 Å². The van der Waals surface area contributed by atoms with Crippen LogP contribution in [0.4, 0.5) is 13.2 Å². The van der Waals surface area contributed by atoms with Gasteiger partial charge in [-0.15, -0.1) is 0 Å². The molecule has 1 aromatic heterocycles. The summed E-state index contributed by atoms with van der Waals surface area (Å²) in [5.41, 5.74) is -0.350. The zero-order chi connectivity index (χ0) is 14.0. The molecule has 6 heteroatoms. The number of carbonyl (C=O) groups is 1. The van der Waals surface area contributed by atoms with Crippen LogP contribution >= 0.6 is 0 Å². The Labute approximate surface area is 107 Å². The molecule has 0 fully saturated rings. The first-order valence-corrected chi connectivity index (χ1v) is 5.37. The summed E-state index contributed by atoms with van der Waals surface area (Å²) in [5.74, 6) is -0.609. The minimum atomic E-state index is -4.42. The Bertz CT molecular complexity index is 602. The van der Waals surface area contributed by atoms with E-state index in [9.17, 15) is 18.0 Å². The van der Waals surface area contributed by atoms with E-state index in [2.05, 4.69) is 4.74 Å². The molecular formula is C13H10F3NO2. The van der Waals surface area contributed by atoms with E-state index in [1.165, 1.54) is 36.1 Å². The molecule has 0 aliphatic carbocycles. The third-order valence-electron chi connectivity index (χ3n) is 2.59. The minimum Gasteiger partial charge on any atom is -0.464 e. The Balaban J connectivity index is 2.49. The van der Waals surface area contributed by atoms with Crippen molar-refractivity contribution in [2.75, 3.05) is 7.11 Å². The number of nitrogens with zero attached hydrogens (tertiary/aromatic N) is 1. The maximum atomic E-state index is 12.6. The average molecular weight is 269 g/mol. The maximum Gasteiger partial charge on any atom is 0.416 e. The van der Waals surface area contributed by atoms with Gasteiger partial charge in [0.25, 0.3) is 0 Å². The van der Waals surface area contributed by atoms with E-state index in [0.717, 1.165) is 12.1 Å². The van der Waals surface area contributed by atoms with Gasteiger partial charge in [-0.25, -0.2) is 4.79 Å². The van der Waals surface area contributed by atoms with Crippen molar-refractivity contribution in [2.24, 2.45) is 0 Å². The van der Waals surface area contributed by atoms with E-state index in [1.54, 1.807) is 6.07 Å². The first kappa shape index (κ1) is 13.2. The zero-order valence-corrected chi connectivity index (χ0v) is 9.94. The number of carbonyl (C=O) groups excluding carboxylic acids is 1. The summed E-state index contributed by atoms with van der Waals surface area (Å²) in [6, 6.07) is 7.77. The smallest absolute Gasteiger partial charge is 0.416 e. The lowest BCUT2D eigenvalue weighted by atomic mass is 10.2. The van der Waals surface area contributed by atoms with Gasteiger partial charge >= 0.3 is 12.1 Å². The van der Waals surface area contributed by atoms with Gasteiger partial charge in [-0.1, -0.05) is 6.07 Å². The number of hydrogen-bond acceptors (Lipinski definition) is 2. The van der Waals surface area contributed by atoms with Gasteiger partial charge in [0.2, 0.25) is 0 Å². The predicted octanol–water partition coefficient (Wildman–Crippen LogP) is 3.28. The molecule has 0 saturated carbocycles. The highest BCUT2D eigenvalue weighted by Gasteiger charge is 2.30. The molecule has 1 heterocycles. The molecule has 0 aliphatic rings. The maximum absolute atomic E-state index is 12.6. The van der Waals surface area contributed by atoms with Gasteiger partial charge < -0.3 is 9.30 Å². The number of aromatic nitrogens is 1. The van der Waals surface area contributed by atoms with E-state index in [0.29, 0.717) is 0 Å². The number of methoxy groups -OCH3 is 1. The molecular weight excluding hydrogens is 259 g/mol. The second-order valence-corrected chi connectivity index (χ2v) is 3.80. The number of alkyl halides is 3. The van der Waals surface area contributed by atoms with E-state index < -0.39 is 17.7 Å². The van der Waals surface area contributed by atoms with Crippen LogP contribution in [0.2, 0.25) is 0 Å². The van der Waals surface area contributed by atoms with Crippen LogP contribution < -0.4 is 0 Å². The molecule has 0 amide bonds. The Hall–Kier alpha value is -2.24. The molecule has 2 rings (SSSR count). The third-order valence-corrected chi connectivity index (χ3v) is 2.59. The number of rotatable bonds is 2. The molecule has 0 N–H and O–H groups in total. The quantitative estimate of drug-likeness (QED) is 0.783. The van der Waals surface area contributed by atoms with E-state index in [4.69, 9.17) is 0 Å². The number of halogens is 3. The number of esters is 1. The van der Waals surface area contributed by atoms with Crippen LogP contribution in [0.5, 0.6) is 0 Å². The van der Waals surface area contributed by atoms with Crippen molar-refractivity contribution in [1.29, 1.82) is 0 Å². The average Bonchev–Trinajstić information content (AvgIpc) is 2.86. The highest BCUT2D eigenvalue weighted by atomic mass is 19.4.